The number of hydrogen-bond acceptors (Lipinski definition) is 2. The SMILES string of the molecule is CN(C)c1ccc(CC2C(=O)Nc3ccc(F)cc32)cc1. The van der Waals surface area contributed by atoms with Gasteiger partial charge in [-0.25, -0.2) is 4.39 Å². The average Bonchev–Trinajstić information content (AvgIpc) is 2.76. The molecule has 1 atom stereocenters. The summed E-state index contributed by atoms with van der Waals surface area (Å²) in [5, 5.41) is 2.81. The van der Waals surface area contributed by atoms with E-state index in [1.807, 2.05) is 43.3 Å². The van der Waals surface area contributed by atoms with Crippen LogP contribution in [0.1, 0.15) is 17.0 Å². The molecule has 0 saturated carbocycles. The summed E-state index contributed by atoms with van der Waals surface area (Å²) in [6.07, 6.45) is 0.579. The van der Waals surface area contributed by atoms with Gasteiger partial charge in [-0.2, -0.15) is 0 Å². The first-order valence-electron chi connectivity index (χ1n) is 6.91. The van der Waals surface area contributed by atoms with Crippen molar-refractivity contribution in [2.45, 2.75) is 12.3 Å². The Labute approximate surface area is 123 Å². The normalized spacial score (nSPS) is 16.5. The fourth-order valence-electron chi connectivity index (χ4n) is 2.67. The zero-order chi connectivity index (χ0) is 15.0. The van der Waals surface area contributed by atoms with Crippen molar-refractivity contribution < 1.29 is 9.18 Å². The molecule has 2 aromatic carbocycles. The van der Waals surface area contributed by atoms with Crippen molar-refractivity contribution in [2.75, 3.05) is 24.3 Å². The summed E-state index contributed by atoms with van der Waals surface area (Å²) in [6, 6.07) is 12.5. The molecule has 1 heterocycles. The maximum Gasteiger partial charge on any atom is 0.232 e. The number of benzene rings is 2. The Kier molecular flexibility index (Phi) is 3.37. The zero-order valence-corrected chi connectivity index (χ0v) is 12.1. The van der Waals surface area contributed by atoms with E-state index in [0.717, 1.165) is 22.5 Å². The molecule has 21 heavy (non-hydrogen) atoms. The molecule has 4 heteroatoms. The van der Waals surface area contributed by atoms with Crippen LogP contribution in [0.3, 0.4) is 0 Å². The molecular weight excluding hydrogens is 267 g/mol. The third kappa shape index (κ3) is 2.61. The van der Waals surface area contributed by atoms with Gasteiger partial charge in [0.05, 0.1) is 5.92 Å². The zero-order valence-electron chi connectivity index (χ0n) is 12.1. The van der Waals surface area contributed by atoms with Gasteiger partial charge in [0.1, 0.15) is 5.82 Å². The first-order chi connectivity index (χ1) is 10.0. The van der Waals surface area contributed by atoms with Crippen LogP contribution < -0.4 is 10.2 Å². The summed E-state index contributed by atoms with van der Waals surface area (Å²) in [5.74, 6) is -0.689. The largest absolute Gasteiger partial charge is 0.378 e. The van der Waals surface area contributed by atoms with E-state index >= 15 is 0 Å². The highest BCUT2D eigenvalue weighted by atomic mass is 19.1. The maximum atomic E-state index is 13.4. The lowest BCUT2D eigenvalue weighted by atomic mass is 9.93. The Morgan fingerprint density at radius 3 is 2.52 bits per heavy atom. The summed E-state index contributed by atoms with van der Waals surface area (Å²) >= 11 is 0. The van der Waals surface area contributed by atoms with E-state index in [2.05, 4.69) is 5.32 Å². The highest BCUT2D eigenvalue weighted by Crippen LogP contribution is 2.35. The number of nitrogens with one attached hydrogen (secondary N) is 1. The Hall–Kier alpha value is -2.36. The van der Waals surface area contributed by atoms with Gasteiger partial charge in [0, 0.05) is 25.5 Å². The van der Waals surface area contributed by atoms with Crippen LogP contribution in [0.25, 0.3) is 0 Å². The molecule has 0 spiro atoms. The molecule has 0 radical (unpaired) electrons. The number of carbonyl (C=O) groups is 1. The molecule has 0 saturated heterocycles. The van der Waals surface area contributed by atoms with E-state index < -0.39 is 0 Å². The number of carbonyl (C=O) groups excluding carboxylic acids is 1. The highest BCUT2D eigenvalue weighted by Gasteiger charge is 2.30. The second-order valence-corrected chi connectivity index (χ2v) is 5.54. The third-order valence-electron chi connectivity index (χ3n) is 3.86. The number of anilines is 2. The number of fused-ring (bicyclic) bond motifs is 1. The van der Waals surface area contributed by atoms with Crippen LogP contribution in [0.15, 0.2) is 42.5 Å². The molecule has 3 rings (SSSR count). The van der Waals surface area contributed by atoms with Crippen LogP contribution in [-0.4, -0.2) is 20.0 Å². The average molecular weight is 284 g/mol. The smallest absolute Gasteiger partial charge is 0.232 e. The minimum absolute atomic E-state index is 0.0627. The molecule has 0 aromatic heterocycles. The molecule has 0 fully saturated rings. The Bertz CT molecular complexity index is 680. The van der Waals surface area contributed by atoms with Crippen LogP contribution in [0, 0.1) is 5.82 Å². The summed E-state index contributed by atoms with van der Waals surface area (Å²) in [5.41, 5.74) is 3.65. The number of halogens is 1. The summed E-state index contributed by atoms with van der Waals surface area (Å²) < 4.78 is 13.4. The summed E-state index contributed by atoms with van der Waals surface area (Å²) in [6.45, 7) is 0. The van der Waals surface area contributed by atoms with Crippen LogP contribution in [-0.2, 0) is 11.2 Å². The lowest BCUT2D eigenvalue weighted by Crippen LogP contribution is -2.14. The molecule has 2 aromatic rings. The maximum absolute atomic E-state index is 13.4. The van der Waals surface area contributed by atoms with Crippen molar-refractivity contribution in [3.63, 3.8) is 0 Å². The van der Waals surface area contributed by atoms with Gasteiger partial charge in [0.15, 0.2) is 0 Å². The molecule has 108 valence electrons. The van der Waals surface area contributed by atoms with E-state index in [1.165, 1.54) is 12.1 Å². The van der Waals surface area contributed by atoms with Crippen molar-refractivity contribution in [1.82, 2.24) is 0 Å². The van der Waals surface area contributed by atoms with Crippen molar-refractivity contribution >= 4 is 17.3 Å². The first kappa shape index (κ1) is 13.6. The Morgan fingerprint density at radius 1 is 1.14 bits per heavy atom. The fraction of sp³-hybridized carbons (Fsp3) is 0.235. The van der Waals surface area contributed by atoms with Crippen LogP contribution in [0.5, 0.6) is 0 Å². The topological polar surface area (TPSA) is 32.3 Å². The Balaban J connectivity index is 1.85. The van der Waals surface area contributed by atoms with E-state index in [1.54, 1.807) is 6.07 Å². The van der Waals surface area contributed by atoms with Gasteiger partial charge in [0.25, 0.3) is 0 Å². The summed E-state index contributed by atoms with van der Waals surface area (Å²) in [7, 11) is 3.97. The van der Waals surface area contributed by atoms with Gasteiger partial charge in [-0.15, -0.1) is 0 Å². The van der Waals surface area contributed by atoms with Gasteiger partial charge in [-0.05, 0) is 47.9 Å². The molecule has 3 nitrogen and oxygen atoms in total. The second kappa shape index (κ2) is 5.20. The third-order valence-corrected chi connectivity index (χ3v) is 3.86. The number of rotatable bonds is 3. The quantitative estimate of drug-likeness (QED) is 0.939. The number of nitrogens with zero attached hydrogens (tertiary/aromatic N) is 1. The van der Waals surface area contributed by atoms with Gasteiger partial charge < -0.3 is 10.2 Å². The molecule has 1 amide bonds. The molecule has 1 aliphatic heterocycles. The van der Waals surface area contributed by atoms with Gasteiger partial charge >= 0.3 is 0 Å². The van der Waals surface area contributed by atoms with E-state index in [0.29, 0.717) is 6.42 Å². The lowest BCUT2D eigenvalue weighted by molar-refractivity contribution is -0.117. The van der Waals surface area contributed by atoms with Crippen molar-refractivity contribution in [3.05, 3.63) is 59.4 Å². The second-order valence-electron chi connectivity index (χ2n) is 5.54. The number of hydrogen-bond donors (Lipinski definition) is 1. The number of amides is 1. The molecule has 0 bridgehead atoms. The van der Waals surface area contributed by atoms with Crippen molar-refractivity contribution in [3.8, 4) is 0 Å². The van der Waals surface area contributed by atoms with Crippen molar-refractivity contribution in [2.24, 2.45) is 0 Å². The molecule has 1 aliphatic rings. The molecule has 1 unspecified atom stereocenters. The van der Waals surface area contributed by atoms with E-state index in [4.69, 9.17) is 0 Å². The van der Waals surface area contributed by atoms with Crippen LogP contribution in [0.2, 0.25) is 0 Å². The van der Waals surface area contributed by atoms with Crippen molar-refractivity contribution in [1.29, 1.82) is 0 Å². The lowest BCUT2D eigenvalue weighted by Gasteiger charge is -2.14. The van der Waals surface area contributed by atoms with Crippen LogP contribution in [0.4, 0.5) is 15.8 Å². The molecule has 1 N–H and O–H groups in total. The minimum atomic E-state index is -0.319. The minimum Gasteiger partial charge on any atom is -0.378 e. The molecule has 0 aliphatic carbocycles. The predicted octanol–water partition coefficient (Wildman–Crippen LogP) is 3.17. The predicted molar refractivity (Wildman–Crippen MR) is 82.2 cm³/mol. The van der Waals surface area contributed by atoms with Gasteiger partial charge in [-0.1, -0.05) is 12.1 Å². The molecular formula is C17H17FN2O. The van der Waals surface area contributed by atoms with E-state index in [9.17, 15) is 9.18 Å². The van der Waals surface area contributed by atoms with E-state index in [-0.39, 0.29) is 17.6 Å². The van der Waals surface area contributed by atoms with Gasteiger partial charge in [-0.3, -0.25) is 4.79 Å². The van der Waals surface area contributed by atoms with Gasteiger partial charge in [0.2, 0.25) is 5.91 Å². The Morgan fingerprint density at radius 2 is 1.86 bits per heavy atom. The fourth-order valence-corrected chi connectivity index (χ4v) is 2.67. The highest BCUT2D eigenvalue weighted by molar-refractivity contribution is 6.03. The standard InChI is InChI=1S/C17H17FN2O/c1-20(2)13-6-3-11(4-7-13)9-15-14-10-12(18)5-8-16(14)19-17(15)21/h3-8,10,15H,9H2,1-2H3,(H,19,21). The summed E-state index contributed by atoms with van der Waals surface area (Å²) in [4.78, 5) is 14.1. The first-order valence-corrected chi connectivity index (χ1v) is 6.91. The van der Waals surface area contributed by atoms with Crippen LogP contribution >= 0.6 is 0 Å². The monoisotopic (exact) mass is 284 g/mol.